The van der Waals surface area contributed by atoms with Crippen molar-refractivity contribution in [3.63, 3.8) is 0 Å². The highest BCUT2D eigenvalue weighted by Gasteiger charge is 2.28. The fraction of sp³-hybridized carbons (Fsp3) is 0.500. The summed E-state index contributed by atoms with van der Waals surface area (Å²) in [5.41, 5.74) is 5.63. The first kappa shape index (κ1) is 14.2. The van der Waals surface area contributed by atoms with Crippen molar-refractivity contribution < 1.29 is 17.5 Å². The van der Waals surface area contributed by atoms with Crippen LogP contribution in [0, 0.1) is 11.7 Å². The molecule has 19 heavy (non-hydrogen) atoms. The van der Waals surface area contributed by atoms with Crippen LogP contribution in [0.3, 0.4) is 0 Å². The second kappa shape index (κ2) is 5.44. The zero-order chi connectivity index (χ0) is 14.0. The molecule has 7 heteroatoms. The summed E-state index contributed by atoms with van der Waals surface area (Å²) in [6.07, 6.45) is 2.69. The molecule has 106 valence electrons. The topological polar surface area (TPSA) is 95.4 Å². The van der Waals surface area contributed by atoms with Crippen LogP contribution in [0.25, 0.3) is 0 Å². The van der Waals surface area contributed by atoms with Crippen LogP contribution in [0.5, 0.6) is 5.75 Å². The lowest BCUT2D eigenvalue weighted by molar-refractivity contribution is 0.155. The van der Waals surface area contributed by atoms with Gasteiger partial charge in [0.15, 0.2) is 11.6 Å². The van der Waals surface area contributed by atoms with Gasteiger partial charge in [-0.2, -0.15) is 0 Å². The normalized spacial score (nSPS) is 23.5. The highest BCUT2D eigenvalue weighted by molar-refractivity contribution is 7.89. The lowest BCUT2D eigenvalue weighted by atomic mass is 10.1. The Kier molecular flexibility index (Phi) is 4.07. The molecular weight excluding hydrogens is 271 g/mol. The van der Waals surface area contributed by atoms with Gasteiger partial charge in [0.25, 0.3) is 0 Å². The Labute approximate surface area is 111 Å². The third-order valence-corrected chi connectivity index (χ3v) is 4.31. The van der Waals surface area contributed by atoms with Gasteiger partial charge in [0, 0.05) is 5.92 Å². The number of benzene rings is 1. The Hall–Kier alpha value is -1.18. The second-order valence-electron chi connectivity index (χ2n) is 4.72. The predicted octanol–water partition coefficient (Wildman–Crippen LogP) is 0.979. The Bertz CT molecular complexity index is 562. The average Bonchev–Trinajstić information content (AvgIpc) is 2.77. The van der Waals surface area contributed by atoms with Crippen LogP contribution in [0.2, 0.25) is 0 Å². The Morgan fingerprint density at radius 2 is 2.11 bits per heavy atom. The summed E-state index contributed by atoms with van der Waals surface area (Å²) in [4.78, 5) is -0.265. The van der Waals surface area contributed by atoms with Crippen LogP contribution < -0.4 is 15.6 Å². The van der Waals surface area contributed by atoms with Crippen LogP contribution in [-0.2, 0) is 10.0 Å². The molecule has 1 aliphatic carbocycles. The van der Waals surface area contributed by atoms with E-state index in [9.17, 15) is 12.8 Å². The summed E-state index contributed by atoms with van der Waals surface area (Å²) in [5.74, 6) is -0.468. The molecule has 0 bridgehead atoms. The van der Waals surface area contributed by atoms with Crippen molar-refractivity contribution in [1.82, 2.24) is 0 Å². The van der Waals surface area contributed by atoms with Gasteiger partial charge in [-0.05, 0) is 44.0 Å². The summed E-state index contributed by atoms with van der Waals surface area (Å²) >= 11 is 0. The van der Waals surface area contributed by atoms with E-state index in [1.54, 1.807) is 0 Å². The van der Waals surface area contributed by atoms with Crippen molar-refractivity contribution in [2.75, 3.05) is 6.54 Å². The first-order valence-corrected chi connectivity index (χ1v) is 7.65. The molecule has 0 amide bonds. The Morgan fingerprint density at radius 1 is 1.37 bits per heavy atom. The number of ether oxygens (including phenoxy) is 1. The molecule has 0 saturated heterocycles. The van der Waals surface area contributed by atoms with Gasteiger partial charge in [0.1, 0.15) is 6.10 Å². The average molecular weight is 288 g/mol. The van der Waals surface area contributed by atoms with E-state index >= 15 is 0 Å². The number of halogens is 1. The van der Waals surface area contributed by atoms with Crippen molar-refractivity contribution in [3.8, 4) is 5.75 Å². The molecule has 2 rings (SSSR count). The fourth-order valence-electron chi connectivity index (χ4n) is 2.34. The number of hydrogen-bond donors (Lipinski definition) is 2. The minimum atomic E-state index is -3.90. The summed E-state index contributed by atoms with van der Waals surface area (Å²) in [6, 6.07) is 3.40. The molecule has 0 heterocycles. The van der Waals surface area contributed by atoms with Gasteiger partial charge in [-0.3, -0.25) is 0 Å². The van der Waals surface area contributed by atoms with Gasteiger partial charge in [-0.15, -0.1) is 0 Å². The number of primary sulfonamides is 1. The van der Waals surface area contributed by atoms with Crippen LogP contribution in [0.4, 0.5) is 4.39 Å². The monoisotopic (exact) mass is 288 g/mol. The van der Waals surface area contributed by atoms with Crippen molar-refractivity contribution in [1.29, 1.82) is 0 Å². The molecule has 0 aromatic heterocycles. The molecule has 1 aliphatic rings. The van der Waals surface area contributed by atoms with E-state index in [0.29, 0.717) is 6.54 Å². The lowest BCUT2D eigenvalue weighted by Gasteiger charge is -2.20. The summed E-state index contributed by atoms with van der Waals surface area (Å²) in [7, 11) is -3.90. The van der Waals surface area contributed by atoms with Gasteiger partial charge >= 0.3 is 0 Å². The molecule has 5 nitrogen and oxygen atoms in total. The van der Waals surface area contributed by atoms with Crippen molar-refractivity contribution in [3.05, 3.63) is 24.0 Å². The number of hydrogen-bond acceptors (Lipinski definition) is 4. The smallest absolute Gasteiger partial charge is 0.238 e. The fourth-order valence-corrected chi connectivity index (χ4v) is 2.87. The van der Waals surface area contributed by atoms with E-state index in [-0.39, 0.29) is 22.7 Å². The van der Waals surface area contributed by atoms with Crippen molar-refractivity contribution in [2.45, 2.75) is 30.3 Å². The van der Waals surface area contributed by atoms with Crippen molar-refractivity contribution >= 4 is 10.0 Å². The zero-order valence-electron chi connectivity index (χ0n) is 10.4. The molecule has 0 aliphatic heterocycles. The molecule has 1 fully saturated rings. The van der Waals surface area contributed by atoms with E-state index < -0.39 is 15.8 Å². The van der Waals surface area contributed by atoms with E-state index in [1.165, 1.54) is 12.1 Å². The SMILES string of the molecule is NCC1CCCC1Oc1ccc(S(N)(=O)=O)cc1F. The molecule has 1 aromatic carbocycles. The third-order valence-electron chi connectivity index (χ3n) is 3.40. The van der Waals surface area contributed by atoms with Gasteiger partial charge in [-0.25, -0.2) is 17.9 Å². The largest absolute Gasteiger partial charge is 0.487 e. The van der Waals surface area contributed by atoms with E-state index in [2.05, 4.69) is 0 Å². The van der Waals surface area contributed by atoms with Gasteiger partial charge in [0.2, 0.25) is 10.0 Å². The number of nitrogens with two attached hydrogens (primary N) is 2. The molecule has 4 N–H and O–H groups in total. The Balaban J connectivity index is 2.18. The maximum absolute atomic E-state index is 13.8. The lowest BCUT2D eigenvalue weighted by Crippen LogP contribution is -2.28. The second-order valence-corrected chi connectivity index (χ2v) is 6.28. The summed E-state index contributed by atoms with van der Waals surface area (Å²) in [5, 5.41) is 4.93. The third kappa shape index (κ3) is 3.23. The van der Waals surface area contributed by atoms with Crippen LogP contribution in [-0.4, -0.2) is 21.1 Å². The highest BCUT2D eigenvalue weighted by Crippen LogP contribution is 2.30. The predicted molar refractivity (Wildman–Crippen MR) is 68.6 cm³/mol. The summed E-state index contributed by atoms with van der Waals surface area (Å²) in [6.45, 7) is 0.502. The zero-order valence-corrected chi connectivity index (χ0v) is 11.2. The Morgan fingerprint density at radius 3 is 2.68 bits per heavy atom. The first-order chi connectivity index (χ1) is 8.91. The molecule has 1 saturated carbocycles. The van der Waals surface area contributed by atoms with Crippen LogP contribution >= 0.6 is 0 Å². The van der Waals surface area contributed by atoms with E-state index in [4.69, 9.17) is 15.6 Å². The maximum atomic E-state index is 13.8. The van der Waals surface area contributed by atoms with Crippen LogP contribution in [0.15, 0.2) is 23.1 Å². The minimum absolute atomic E-state index is 0.0396. The first-order valence-electron chi connectivity index (χ1n) is 6.11. The van der Waals surface area contributed by atoms with Gasteiger partial charge in [0.05, 0.1) is 4.90 Å². The molecule has 0 radical (unpaired) electrons. The standard InChI is InChI=1S/C12H17FN2O3S/c13-10-6-9(19(15,16)17)4-5-12(10)18-11-3-1-2-8(11)7-14/h4-6,8,11H,1-3,7,14H2,(H2,15,16,17). The summed E-state index contributed by atoms with van der Waals surface area (Å²) < 4.78 is 41.6. The molecule has 2 unspecified atom stereocenters. The van der Waals surface area contributed by atoms with Crippen molar-refractivity contribution in [2.24, 2.45) is 16.8 Å². The molecular formula is C12H17FN2O3S. The molecule has 0 spiro atoms. The van der Waals surface area contributed by atoms with E-state index in [1.807, 2.05) is 0 Å². The molecule has 1 aromatic rings. The van der Waals surface area contributed by atoms with Gasteiger partial charge < -0.3 is 10.5 Å². The number of sulfonamides is 1. The maximum Gasteiger partial charge on any atom is 0.238 e. The molecule has 2 atom stereocenters. The number of rotatable bonds is 4. The quantitative estimate of drug-likeness (QED) is 0.863. The van der Waals surface area contributed by atoms with E-state index in [0.717, 1.165) is 25.3 Å². The minimum Gasteiger partial charge on any atom is -0.487 e. The van der Waals surface area contributed by atoms with Crippen LogP contribution in [0.1, 0.15) is 19.3 Å². The highest BCUT2D eigenvalue weighted by atomic mass is 32.2. The van der Waals surface area contributed by atoms with Gasteiger partial charge in [-0.1, -0.05) is 0 Å².